The lowest BCUT2D eigenvalue weighted by molar-refractivity contribution is 0.229. The molecule has 1 unspecified atom stereocenters. The number of aromatic amines is 1. The highest BCUT2D eigenvalue weighted by Gasteiger charge is 2.31. The van der Waals surface area contributed by atoms with Crippen molar-refractivity contribution in [2.24, 2.45) is 14.1 Å². The molecule has 1 N–H and O–H groups in total. The Bertz CT molecular complexity index is 1410. The second-order valence-corrected chi connectivity index (χ2v) is 8.67. The van der Waals surface area contributed by atoms with Gasteiger partial charge in [0.15, 0.2) is 11.2 Å². The third-order valence-corrected chi connectivity index (χ3v) is 6.67. The number of aryl methyl sites for hydroxylation is 3. The van der Waals surface area contributed by atoms with Gasteiger partial charge >= 0.3 is 5.69 Å². The molecule has 168 valence electrons. The summed E-state index contributed by atoms with van der Waals surface area (Å²) in [5, 5.41) is 0. The number of aromatic nitrogens is 6. The fourth-order valence-electron chi connectivity index (χ4n) is 4.91. The maximum absolute atomic E-state index is 12.6. The number of hydrogen-bond acceptors (Lipinski definition) is 5. The molecule has 4 heterocycles. The van der Waals surface area contributed by atoms with E-state index in [1.807, 2.05) is 29.8 Å². The van der Waals surface area contributed by atoms with Crippen LogP contribution in [-0.2, 0) is 27.2 Å². The predicted molar refractivity (Wildman–Crippen MR) is 124 cm³/mol. The van der Waals surface area contributed by atoms with Crippen molar-refractivity contribution in [3.05, 3.63) is 56.8 Å². The highest BCUT2D eigenvalue weighted by atomic mass is 16.2. The summed E-state index contributed by atoms with van der Waals surface area (Å²) in [6, 6.07) is 8.38. The minimum atomic E-state index is -0.389. The number of likely N-dealkylation sites (tertiary alicyclic amines) is 1. The fraction of sp³-hybridized carbons (Fsp3) is 0.478. The Hall–Kier alpha value is -3.20. The van der Waals surface area contributed by atoms with Crippen LogP contribution < -0.4 is 11.2 Å². The Labute approximate surface area is 185 Å². The van der Waals surface area contributed by atoms with Crippen LogP contribution in [0.25, 0.3) is 22.2 Å². The summed E-state index contributed by atoms with van der Waals surface area (Å²) in [6.45, 7) is 4.16. The minimum Gasteiger partial charge on any atom is -0.330 e. The normalized spacial score (nSPS) is 17.2. The number of imidazole rings is 2. The molecule has 0 spiro atoms. The van der Waals surface area contributed by atoms with Gasteiger partial charge in [0.25, 0.3) is 5.56 Å². The van der Waals surface area contributed by atoms with Crippen molar-refractivity contribution in [2.75, 3.05) is 6.54 Å². The molecule has 1 atom stereocenters. The molecular formula is C23H29N7O2. The average molecular weight is 436 g/mol. The first-order chi connectivity index (χ1) is 15.5. The van der Waals surface area contributed by atoms with E-state index in [0.717, 1.165) is 54.9 Å². The lowest BCUT2D eigenvalue weighted by Crippen LogP contribution is -2.31. The first-order valence-corrected chi connectivity index (χ1v) is 11.3. The smallest absolute Gasteiger partial charge is 0.330 e. The maximum Gasteiger partial charge on any atom is 0.330 e. The van der Waals surface area contributed by atoms with Gasteiger partial charge in [0.1, 0.15) is 11.6 Å². The Morgan fingerprint density at radius 1 is 1.12 bits per heavy atom. The summed E-state index contributed by atoms with van der Waals surface area (Å²) >= 11 is 0. The first kappa shape index (κ1) is 20.7. The summed E-state index contributed by atoms with van der Waals surface area (Å²) in [5.41, 5.74) is 2.29. The van der Waals surface area contributed by atoms with Gasteiger partial charge in [0.2, 0.25) is 0 Å². The van der Waals surface area contributed by atoms with Crippen LogP contribution in [0.2, 0.25) is 0 Å². The average Bonchev–Trinajstić information content (AvgIpc) is 3.45. The summed E-state index contributed by atoms with van der Waals surface area (Å²) in [6.07, 6.45) is 3.93. The third-order valence-electron chi connectivity index (χ3n) is 6.67. The first-order valence-electron chi connectivity index (χ1n) is 11.3. The second kappa shape index (κ2) is 8.05. The lowest BCUT2D eigenvalue weighted by atomic mass is 10.2. The van der Waals surface area contributed by atoms with Gasteiger partial charge in [-0.25, -0.2) is 14.8 Å². The molecule has 9 heteroatoms. The molecule has 9 nitrogen and oxygen atoms in total. The van der Waals surface area contributed by atoms with E-state index in [1.165, 1.54) is 0 Å². The van der Waals surface area contributed by atoms with Crippen LogP contribution in [0.5, 0.6) is 0 Å². The van der Waals surface area contributed by atoms with E-state index < -0.39 is 0 Å². The lowest BCUT2D eigenvalue weighted by Gasteiger charge is -2.23. The molecule has 4 aromatic rings. The SMILES string of the molecule is CCCCn1c(=O)[nH]c(=O)c2c1nc(CN1CCCC1c1nc3ccccc3n1C)n2C. The van der Waals surface area contributed by atoms with E-state index in [9.17, 15) is 9.59 Å². The third kappa shape index (κ3) is 3.28. The van der Waals surface area contributed by atoms with Crippen LogP contribution in [-0.4, -0.2) is 40.1 Å². The topological polar surface area (TPSA) is 93.7 Å². The standard InChI is InChI=1S/C23H29N7O2/c1-4-5-13-30-21-19(22(31)26-23(30)32)28(3)18(25-21)14-29-12-8-11-17(29)20-24-15-9-6-7-10-16(15)27(20)2/h6-7,9-10,17H,4-5,8,11-14H2,1-3H3,(H,26,31,32). The van der Waals surface area contributed by atoms with Crippen molar-refractivity contribution in [2.45, 2.75) is 51.7 Å². The van der Waals surface area contributed by atoms with E-state index in [4.69, 9.17) is 9.97 Å². The number of nitrogens with one attached hydrogen (secondary N) is 1. The van der Waals surface area contributed by atoms with Gasteiger partial charge in [-0.2, -0.15) is 0 Å². The van der Waals surface area contributed by atoms with Crippen LogP contribution in [0.1, 0.15) is 50.3 Å². The van der Waals surface area contributed by atoms with Gasteiger partial charge in [-0.1, -0.05) is 25.5 Å². The molecule has 0 aliphatic carbocycles. The van der Waals surface area contributed by atoms with Gasteiger partial charge < -0.3 is 9.13 Å². The highest BCUT2D eigenvalue weighted by molar-refractivity contribution is 5.76. The molecular weight excluding hydrogens is 406 g/mol. The van der Waals surface area contributed by atoms with E-state index >= 15 is 0 Å². The van der Waals surface area contributed by atoms with Crippen molar-refractivity contribution < 1.29 is 0 Å². The zero-order chi connectivity index (χ0) is 22.4. The fourth-order valence-corrected chi connectivity index (χ4v) is 4.91. The van der Waals surface area contributed by atoms with Crippen molar-refractivity contribution >= 4 is 22.2 Å². The van der Waals surface area contributed by atoms with Crippen LogP contribution in [0, 0.1) is 0 Å². The van der Waals surface area contributed by atoms with Crippen molar-refractivity contribution in [3.63, 3.8) is 0 Å². The van der Waals surface area contributed by atoms with Crippen LogP contribution in [0.3, 0.4) is 0 Å². The quantitative estimate of drug-likeness (QED) is 0.502. The summed E-state index contributed by atoms with van der Waals surface area (Å²) in [5.74, 6) is 1.84. The van der Waals surface area contributed by atoms with Gasteiger partial charge in [-0.3, -0.25) is 19.2 Å². The van der Waals surface area contributed by atoms with E-state index in [1.54, 1.807) is 4.57 Å². The Kier molecular flexibility index (Phi) is 5.21. The molecule has 0 amide bonds. The zero-order valence-electron chi connectivity index (χ0n) is 18.8. The zero-order valence-corrected chi connectivity index (χ0v) is 18.8. The summed E-state index contributed by atoms with van der Waals surface area (Å²) in [7, 11) is 3.93. The van der Waals surface area contributed by atoms with Gasteiger partial charge in [0.05, 0.1) is 23.6 Å². The number of fused-ring (bicyclic) bond motifs is 2. The van der Waals surface area contributed by atoms with Crippen LogP contribution >= 0.6 is 0 Å². The van der Waals surface area contributed by atoms with Crippen molar-refractivity contribution in [1.29, 1.82) is 0 Å². The largest absolute Gasteiger partial charge is 0.330 e. The Morgan fingerprint density at radius 2 is 1.94 bits per heavy atom. The van der Waals surface area contributed by atoms with Crippen molar-refractivity contribution in [1.82, 2.24) is 33.6 Å². The summed E-state index contributed by atoms with van der Waals surface area (Å²) in [4.78, 5) is 39.5. The molecule has 0 bridgehead atoms. The number of H-pyrrole nitrogens is 1. The summed E-state index contributed by atoms with van der Waals surface area (Å²) < 4.78 is 5.61. The molecule has 1 aliphatic rings. The molecule has 3 aromatic heterocycles. The number of para-hydroxylation sites is 2. The van der Waals surface area contributed by atoms with Crippen LogP contribution in [0.4, 0.5) is 0 Å². The van der Waals surface area contributed by atoms with Gasteiger partial charge in [-0.05, 0) is 37.9 Å². The van der Waals surface area contributed by atoms with E-state index in [0.29, 0.717) is 24.3 Å². The monoisotopic (exact) mass is 435 g/mol. The number of benzene rings is 1. The Balaban J connectivity index is 1.53. The second-order valence-electron chi connectivity index (χ2n) is 8.67. The maximum atomic E-state index is 12.6. The minimum absolute atomic E-state index is 0.188. The molecule has 1 aromatic carbocycles. The molecule has 0 saturated carbocycles. The van der Waals surface area contributed by atoms with E-state index in [-0.39, 0.29) is 17.3 Å². The number of unbranched alkanes of at least 4 members (excludes halogenated alkanes) is 1. The number of rotatable bonds is 6. The number of hydrogen-bond donors (Lipinski definition) is 1. The molecule has 1 aliphatic heterocycles. The molecule has 1 fully saturated rings. The molecule has 1 saturated heterocycles. The molecule has 0 radical (unpaired) electrons. The molecule has 5 rings (SSSR count). The van der Waals surface area contributed by atoms with Gasteiger partial charge in [0, 0.05) is 20.6 Å². The van der Waals surface area contributed by atoms with Crippen molar-refractivity contribution in [3.8, 4) is 0 Å². The number of nitrogens with zero attached hydrogens (tertiary/aromatic N) is 6. The van der Waals surface area contributed by atoms with E-state index in [2.05, 4.69) is 34.5 Å². The van der Waals surface area contributed by atoms with Crippen LogP contribution in [0.15, 0.2) is 33.9 Å². The highest BCUT2D eigenvalue weighted by Crippen LogP contribution is 2.34. The predicted octanol–water partition coefficient (Wildman–Crippen LogP) is 2.45. The Morgan fingerprint density at radius 3 is 2.72 bits per heavy atom. The molecule has 32 heavy (non-hydrogen) atoms. The van der Waals surface area contributed by atoms with Gasteiger partial charge in [-0.15, -0.1) is 0 Å².